The van der Waals surface area contributed by atoms with E-state index in [9.17, 15) is 44.0 Å². The van der Waals surface area contributed by atoms with E-state index in [1.807, 2.05) is 123 Å². The molecule has 19 heteroatoms. The van der Waals surface area contributed by atoms with Gasteiger partial charge in [-0.1, -0.05) is 238 Å². The molecular weight excluding hydrogens is 1870 g/mol. The molecule has 0 unspecified atom stereocenters. The zero-order valence-electron chi connectivity index (χ0n) is 90.0. The van der Waals surface area contributed by atoms with Gasteiger partial charge >= 0.3 is 23.9 Å². The van der Waals surface area contributed by atoms with Crippen LogP contribution in [0, 0.1) is 73.6 Å². The van der Waals surface area contributed by atoms with E-state index in [2.05, 4.69) is 101 Å². The lowest BCUT2D eigenvalue weighted by Crippen LogP contribution is -2.33. The smallest absolute Gasteiger partial charge is 0.306 e. The van der Waals surface area contributed by atoms with Crippen LogP contribution in [0.3, 0.4) is 0 Å². The number of methoxy groups -OCH3 is 3. The van der Waals surface area contributed by atoms with E-state index < -0.39 is 11.9 Å². The highest BCUT2D eigenvalue weighted by molar-refractivity contribution is 6.17. The summed E-state index contributed by atoms with van der Waals surface area (Å²) in [5.74, 6) is 5.91. The number of carbonyl (C=O) groups is 4. The second-order valence-electron chi connectivity index (χ2n) is 47.9. The number of carboxylic acids is 2. The number of hydrogen-bond acceptors (Lipinski definition) is 13. The first-order valence-electron chi connectivity index (χ1n) is 53.6. The van der Waals surface area contributed by atoms with Gasteiger partial charge < -0.3 is 53.6 Å². The Bertz CT molecular complexity index is 5750. The molecule has 147 heavy (non-hydrogen) atoms. The minimum Gasteiger partial charge on any atom is -0.508 e. The highest BCUT2D eigenvalue weighted by Gasteiger charge is 2.44. The minimum absolute atomic E-state index is 0.000191. The van der Waals surface area contributed by atoms with E-state index in [0.717, 1.165) is 167 Å². The Morgan fingerprint density at radius 2 is 0.605 bits per heavy atom. The minimum atomic E-state index is -0.763. The number of hydrogen-bond donors (Lipinski definition) is 4. The second kappa shape index (κ2) is 50.4. The van der Waals surface area contributed by atoms with Gasteiger partial charge in [0, 0.05) is 22.6 Å². The van der Waals surface area contributed by atoms with E-state index in [1.54, 1.807) is 82.0 Å². The molecular formula is C128H160ClF3O15. The van der Waals surface area contributed by atoms with Crippen molar-refractivity contribution in [2.45, 2.75) is 318 Å². The summed E-state index contributed by atoms with van der Waals surface area (Å²) >= 11 is 6.13. The predicted octanol–water partition coefficient (Wildman–Crippen LogP) is 33.5. The van der Waals surface area contributed by atoms with Gasteiger partial charge in [-0.3, -0.25) is 19.2 Å². The van der Waals surface area contributed by atoms with E-state index >= 15 is 8.78 Å². The summed E-state index contributed by atoms with van der Waals surface area (Å²) in [5.41, 5.74) is 16.5. The molecule has 0 bridgehead atoms. The van der Waals surface area contributed by atoms with Crippen molar-refractivity contribution in [2.24, 2.45) is 56.2 Å². The average molecular weight is 2030 g/mol. The molecule has 0 aliphatic heterocycles. The van der Waals surface area contributed by atoms with Gasteiger partial charge in [-0.15, -0.1) is 11.6 Å². The molecule has 4 N–H and O–H groups in total. The lowest BCUT2D eigenvalue weighted by molar-refractivity contribution is -0.144. The van der Waals surface area contributed by atoms with Crippen LogP contribution >= 0.6 is 11.6 Å². The summed E-state index contributed by atoms with van der Waals surface area (Å²) in [7, 11) is 4.82. The molecule has 10 aromatic rings. The number of halogens is 4. The van der Waals surface area contributed by atoms with Crippen molar-refractivity contribution in [1.29, 1.82) is 0 Å². The zero-order chi connectivity index (χ0) is 106. The number of carboxylic acid groups (broad SMARTS) is 2. The molecule has 0 aromatic heterocycles. The summed E-state index contributed by atoms with van der Waals surface area (Å²) in [5, 5.41) is 38.0. The molecule has 0 amide bonds. The Morgan fingerprint density at radius 1 is 0.333 bits per heavy atom. The number of rotatable bonds is 38. The molecule has 15 nitrogen and oxygen atoms in total. The van der Waals surface area contributed by atoms with Crippen molar-refractivity contribution in [3.63, 3.8) is 0 Å². The molecule has 0 radical (unpaired) electrons. The molecule has 7 saturated carbocycles. The first kappa shape index (κ1) is 113. The molecule has 0 saturated heterocycles. The van der Waals surface area contributed by atoms with Gasteiger partial charge in [0.2, 0.25) is 0 Å². The van der Waals surface area contributed by atoms with Crippen molar-refractivity contribution in [2.75, 3.05) is 34.5 Å². The van der Waals surface area contributed by atoms with E-state index in [-0.39, 0.29) is 122 Å². The summed E-state index contributed by atoms with van der Waals surface area (Å²) in [6.45, 7) is 33.4. The van der Waals surface area contributed by atoms with E-state index in [1.165, 1.54) is 81.5 Å². The van der Waals surface area contributed by atoms with Crippen LogP contribution in [-0.2, 0) is 47.7 Å². The zero-order valence-corrected chi connectivity index (χ0v) is 90.7. The largest absolute Gasteiger partial charge is 0.508 e. The van der Waals surface area contributed by atoms with Crippen molar-refractivity contribution in [3.8, 4) is 73.6 Å². The Morgan fingerprint density at radius 3 is 0.871 bits per heavy atom. The van der Waals surface area contributed by atoms with Crippen LogP contribution in [0.5, 0.6) is 40.2 Å². The predicted molar refractivity (Wildman–Crippen MR) is 582 cm³/mol. The van der Waals surface area contributed by atoms with E-state index in [0.29, 0.717) is 96.8 Å². The topological polar surface area (TPSA) is 214 Å². The van der Waals surface area contributed by atoms with Crippen LogP contribution in [0.4, 0.5) is 13.2 Å². The lowest BCUT2D eigenvalue weighted by Gasteiger charge is -2.45. The maximum absolute atomic E-state index is 15.3. The maximum atomic E-state index is 15.3. The van der Waals surface area contributed by atoms with Gasteiger partial charge in [0.1, 0.15) is 70.9 Å². The Labute approximate surface area is 877 Å². The highest BCUT2D eigenvalue weighted by atomic mass is 35.5. The molecule has 7 aliphatic carbocycles. The summed E-state index contributed by atoms with van der Waals surface area (Å²) in [6.07, 6.45) is 24.6. The maximum Gasteiger partial charge on any atom is 0.306 e. The number of phenols is 2. The van der Waals surface area contributed by atoms with E-state index in [4.69, 9.17) is 44.8 Å². The molecule has 790 valence electrons. The fraction of sp³-hybridized carbons (Fsp3) is 0.500. The van der Waals surface area contributed by atoms with Crippen LogP contribution < -0.4 is 23.7 Å². The number of phenolic OH excluding ortho intramolecular Hbond substituents is 2. The Kier molecular flexibility index (Phi) is 38.7. The number of esters is 2. The van der Waals surface area contributed by atoms with Crippen molar-refractivity contribution < 1.29 is 85.9 Å². The molecule has 4 atom stereocenters. The lowest BCUT2D eigenvalue weighted by atomic mass is 9.59. The molecule has 10 aromatic carbocycles. The van der Waals surface area contributed by atoms with Crippen LogP contribution in [0.1, 0.15) is 355 Å². The molecule has 17 rings (SSSR count). The molecule has 0 spiro atoms. The third-order valence-corrected chi connectivity index (χ3v) is 30.9. The van der Waals surface area contributed by atoms with Crippen LogP contribution in [-0.4, -0.2) is 78.8 Å². The standard InChI is InChI=1S/2C37H45FO4.C24H30ClFO.2C15H20O3/c2*1-36(2)20-28(21-37(3,4)23-36)32-16-25(11-13-31(32)33-19-29(41-5)12-14-34(33)38)22-42-30-8-6-7-26(17-30)27(18-35(39)40)15-24-9-10-24;1-23(2)12-17(13-24(3,4)15-23)20-10-16(14-25)6-8-19(20)21-11-18(27-5)7-9-22(21)26;2*1-2-18-15(17)10-13(8-11-6-7-11)12-4-3-5-14(16)9-12/h2*6-8,11-14,16-17,19,24,27-28H,9-10,15,18,20-23H2,1-5H3,(H,39,40);6-11,17H,12-15H2,1-5H3;2*3-5,9,11,13,16H,2,6-8,10H2,1H3/t2*27-;;2*13-/m10.10/s1. The molecule has 7 fully saturated rings. The van der Waals surface area contributed by atoms with Gasteiger partial charge in [0.15, 0.2) is 0 Å². The normalized spacial score (nSPS) is 18.2. The van der Waals surface area contributed by atoms with Crippen molar-refractivity contribution >= 4 is 35.5 Å². The molecule has 7 aliphatic rings. The second-order valence-corrected chi connectivity index (χ2v) is 48.2. The van der Waals surface area contributed by atoms with Crippen molar-refractivity contribution in [1.82, 2.24) is 0 Å². The molecule has 0 heterocycles. The SMILES string of the molecule is CCOC(=O)C[C@@H](CC1CC1)c1cccc(O)c1.CCOC(=O)C[C@H](CC1CC1)c1cccc(O)c1.COc1ccc(F)c(-c2ccc(CCl)cc2C2CC(C)(C)CC(C)(C)C2)c1.COc1ccc(F)c(-c2ccc(COc3cccc([C@@H](CC(=O)O)CC4CC4)c3)cc2C2CC(C)(C)CC(C)(C)C2)c1.COc1ccc(F)c(-c2ccc(COc3cccc([C@H](CC(=O)O)CC4CC4)c3)cc2C2CC(C)(C)CC(C)(C)C2)c1. The Balaban J connectivity index is 0.000000160. The fourth-order valence-electron chi connectivity index (χ4n) is 24.8. The number of aromatic hydroxyl groups is 2. The van der Waals surface area contributed by atoms with Gasteiger partial charge in [-0.05, 0) is 370 Å². The van der Waals surface area contributed by atoms with Crippen LogP contribution in [0.15, 0.2) is 206 Å². The number of aliphatic carboxylic acids is 2. The first-order valence-corrected chi connectivity index (χ1v) is 54.1. The summed E-state index contributed by atoms with van der Waals surface area (Å²) < 4.78 is 84.1. The van der Waals surface area contributed by atoms with Gasteiger partial charge in [0.05, 0.1) is 60.2 Å². The number of alkyl halides is 1. The monoisotopic (exact) mass is 2030 g/mol. The van der Waals surface area contributed by atoms with Gasteiger partial charge in [0.25, 0.3) is 0 Å². The summed E-state index contributed by atoms with van der Waals surface area (Å²) in [6, 6.07) is 63.9. The quantitative estimate of drug-likeness (QED) is 0.0209. The summed E-state index contributed by atoms with van der Waals surface area (Å²) in [4.78, 5) is 46.4. The average Bonchev–Trinajstić information content (AvgIpc) is 1.71. The number of benzene rings is 10. The van der Waals surface area contributed by atoms with Crippen molar-refractivity contribution in [3.05, 3.63) is 279 Å². The number of ether oxygens (including phenoxy) is 7. The fourth-order valence-corrected chi connectivity index (χ4v) is 25.0. The Hall–Kier alpha value is -11.2. The first-order chi connectivity index (χ1) is 69.8. The van der Waals surface area contributed by atoms with Crippen LogP contribution in [0.2, 0.25) is 0 Å². The van der Waals surface area contributed by atoms with Gasteiger partial charge in [-0.25, -0.2) is 13.2 Å². The van der Waals surface area contributed by atoms with Crippen LogP contribution in [0.25, 0.3) is 33.4 Å². The number of carbonyl (C=O) groups excluding carboxylic acids is 2. The van der Waals surface area contributed by atoms with Gasteiger partial charge in [-0.2, -0.15) is 0 Å². The third-order valence-electron chi connectivity index (χ3n) is 30.6. The highest BCUT2D eigenvalue weighted by Crippen LogP contribution is 2.58. The third kappa shape index (κ3) is 34.4.